The van der Waals surface area contributed by atoms with Crippen molar-refractivity contribution < 1.29 is 4.42 Å². The zero-order valence-corrected chi connectivity index (χ0v) is 36.7. The van der Waals surface area contributed by atoms with E-state index in [0.717, 1.165) is 50.1 Å². The number of rotatable bonds is 5. The summed E-state index contributed by atoms with van der Waals surface area (Å²) in [5.74, 6) is 0. The van der Waals surface area contributed by atoms with Crippen LogP contribution in [0.4, 0.5) is 17.1 Å². The molecule has 0 radical (unpaired) electrons. The van der Waals surface area contributed by atoms with Gasteiger partial charge in [-0.15, -0.1) is 0 Å². The highest BCUT2D eigenvalue weighted by atomic mass is 16.3. The molecule has 66 heavy (non-hydrogen) atoms. The first-order valence-corrected chi connectivity index (χ1v) is 23.1. The molecule has 11 aromatic rings. The molecule has 3 aliphatic carbocycles. The Labute approximate surface area is 384 Å². The molecule has 2 heteroatoms. The van der Waals surface area contributed by atoms with Gasteiger partial charge in [0, 0.05) is 44.3 Å². The van der Waals surface area contributed by atoms with Crippen molar-refractivity contribution in [2.45, 2.75) is 24.7 Å². The van der Waals surface area contributed by atoms with Gasteiger partial charge in [-0.05, 0) is 103 Å². The quantitative estimate of drug-likeness (QED) is 0.172. The summed E-state index contributed by atoms with van der Waals surface area (Å²) in [7, 11) is 0. The summed E-state index contributed by atoms with van der Waals surface area (Å²) in [6, 6.07) is 82.8. The van der Waals surface area contributed by atoms with E-state index in [1.54, 1.807) is 0 Å². The highest BCUT2D eigenvalue weighted by molar-refractivity contribution is 6.15. The van der Waals surface area contributed by atoms with E-state index in [-0.39, 0.29) is 5.41 Å². The second kappa shape index (κ2) is 13.7. The Morgan fingerprint density at radius 3 is 1.56 bits per heavy atom. The van der Waals surface area contributed by atoms with E-state index in [1.807, 2.05) is 0 Å². The van der Waals surface area contributed by atoms with Gasteiger partial charge in [0.25, 0.3) is 0 Å². The molecule has 0 aliphatic heterocycles. The van der Waals surface area contributed by atoms with Gasteiger partial charge >= 0.3 is 0 Å². The maximum absolute atomic E-state index is 7.28. The second-order valence-corrected chi connectivity index (χ2v) is 18.7. The predicted octanol–water partition coefficient (Wildman–Crippen LogP) is 17.0. The monoisotopic (exact) mass is 841 g/mol. The topological polar surface area (TPSA) is 16.4 Å². The summed E-state index contributed by atoms with van der Waals surface area (Å²) >= 11 is 0. The summed E-state index contributed by atoms with van der Waals surface area (Å²) in [6.45, 7) is 4.71. The van der Waals surface area contributed by atoms with Crippen molar-refractivity contribution in [1.82, 2.24) is 0 Å². The van der Waals surface area contributed by atoms with E-state index in [2.05, 4.69) is 243 Å². The highest BCUT2D eigenvalue weighted by Crippen LogP contribution is 2.64. The number of hydrogen-bond acceptors (Lipinski definition) is 2. The largest absolute Gasteiger partial charge is 0.455 e. The fraction of sp³-hybridized carbons (Fsp3) is 0.0625. The van der Waals surface area contributed by atoms with Gasteiger partial charge in [-0.1, -0.05) is 208 Å². The van der Waals surface area contributed by atoms with Crippen molar-refractivity contribution in [1.29, 1.82) is 0 Å². The third-order valence-corrected chi connectivity index (χ3v) is 15.1. The van der Waals surface area contributed by atoms with Crippen LogP contribution in [-0.4, -0.2) is 0 Å². The molecule has 14 rings (SSSR count). The SMILES string of the molecule is CC1(C)c2ccccc2-c2ccc(N(c3ccc(-c4cccc5c4oc4c6c(ccc45)C4(c5ccccc5-c5ccccc54)c4ccccc4-6)cc3)c3ccccc3-c3ccccc3)cc21. The molecule has 0 saturated heterocycles. The molecule has 1 aromatic heterocycles. The number of fused-ring (bicyclic) bond motifs is 17. The molecule has 0 bridgehead atoms. The minimum atomic E-state index is -0.422. The summed E-state index contributed by atoms with van der Waals surface area (Å²) in [5.41, 5.74) is 24.9. The van der Waals surface area contributed by atoms with Gasteiger partial charge in [0.15, 0.2) is 0 Å². The van der Waals surface area contributed by atoms with Crippen molar-refractivity contribution in [3.8, 4) is 55.6 Å². The molecule has 1 spiro atoms. The minimum absolute atomic E-state index is 0.128. The lowest BCUT2D eigenvalue weighted by Gasteiger charge is -2.30. The average molecular weight is 842 g/mol. The fourth-order valence-electron chi connectivity index (χ4n) is 12.2. The Kier molecular flexibility index (Phi) is 7.70. The van der Waals surface area contributed by atoms with Gasteiger partial charge in [-0.2, -0.15) is 0 Å². The van der Waals surface area contributed by atoms with Crippen LogP contribution in [0, 0.1) is 0 Å². The van der Waals surface area contributed by atoms with Crippen molar-refractivity contribution in [2.75, 3.05) is 4.90 Å². The standard InChI is InChI=1S/C64H43NO/c1-63(2)53-26-11-6-20-46(53)49-36-35-43(39-58(49)63)65(59-30-15-10-19-44(59)40-17-4-3-5-18-40)42-33-31-41(32-34-42)45-24-16-25-50-51-37-38-57-60(62(51)66-61(45)50)52-23-9-14-29-56(52)64(57)54-27-12-7-21-47(54)48-22-8-13-28-55(48)64/h3-39H,1-2H3. The van der Waals surface area contributed by atoms with Crippen LogP contribution < -0.4 is 4.90 Å². The number of benzene rings is 10. The number of hydrogen-bond donors (Lipinski definition) is 0. The molecule has 310 valence electrons. The summed E-state index contributed by atoms with van der Waals surface area (Å²) in [6.07, 6.45) is 0. The van der Waals surface area contributed by atoms with Crippen molar-refractivity contribution >= 4 is 39.0 Å². The van der Waals surface area contributed by atoms with Crippen molar-refractivity contribution in [2.24, 2.45) is 0 Å². The third-order valence-electron chi connectivity index (χ3n) is 15.1. The van der Waals surface area contributed by atoms with Crippen LogP contribution in [0.5, 0.6) is 0 Å². The molecule has 1 heterocycles. The minimum Gasteiger partial charge on any atom is -0.455 e. The van der Waals surface area contributed by atoms with E-state index in [1.165, 1.54) is 77.9 Å². The molecule has 0 N–H and O–H groups in total. The number of furan rings is 1. The zero-order valence-electron chi connectivity index (χ0n) is 36.7. The van der Waals surface area contributed by atoms with Gasteiger partial charge in [0.1, 0.15) is 11.2 Å². The van der Waals surface area contributed by atoms with E-state index >= 15 is 0 Å². The van der Waals surface area contributed by atoms with Crippen molar-refractivity contribution in [3.05, 3.63) is 258 Å². The Morgan fingerprint density at radius 2 is 0.848 bits per heavy atom. The third kappa shape index (κ3) is 4.91. The molecule has 3 aliphatic rings. The van der Waals surface area contributed by atoms with Gasteiger partial charge < -0.3 is 9.32 Å². The molecule has 0 fully saturated rings. The number of nitrogens with zero attached hydrogens (tertiary/aromatic N) is 1. The van der Waals surface area contributed by atoms with Crippen LogP contribution in [0.1, 0.15) is 47.2 Å². The lowest BCUT2D eigenvalue weighted by molar-refractivity contribution is 0.660. The predicted molar refractivity (Wildman–Crippen MR) is 273 cm³/mol. The van der Waals surface area contributed by atoms with E-state index < -0.39 is 5.41 Å². The fourth-order valence-corrected chi connectivity index (χ4v) is 12.2. The van der Waals surface area contributed by atoms with Gasteiger partial charge in [-0.25, -0.2) is 0 Å². The number of anilines is 3. The van der Waals surface area contributed by atoms with E-state index in [0.29, 0.717) is 0 Å². The molecule has 0 unspecified atom stereocenters. The Morgan fingerprint density at radius 1 is 0.333 bits per heavy atom. The Hall–Kier alpha value is -8.20. The van der Waals surface area contributed by atoms with Crippen LogP contribution in [0.2, 0.25) is 0 Å². The Balaban J connectivity index is 0.930. The zero-order chi connectivity index (χ0) is 43.7. The van der Waals surface area contributed by atoms with Crippen LogP contribution >= 0.6 is 0 Å². The molecular formula is C64H43NO. The van der Waals surface area contributed by atoms with Gasteiger partial charge in [-0.3, -0.25) is 0 Å². The van der Waals surface area contributed by atoms with Crippen LogP contribution in [0.25, 0.3) is 77.6 Å². The van der Waals surface area contributed by atoms with Crippen LogP contribution in [-0.2, 0) is 10.8 Å². The van der Waals surface area contributed by atoms with Gasteiger partial charge in [0.05, 0.1) is 11.1 Å². The maximum atomic E-state index is 7.28. The first-order valence-electron chi connectivity index (χ1n) is 23.1. The van der Waals surface area contributed by atoms with E-state index in [9.17, 15) is 0 Å². The maximum Gasteiger partial charge on any atom is 0.143 e. The molecular weight excluding hydrogens is 799 g/mol. The second-order valence-electron chi connectivity index (χ2n) is 18.7. The molecule has 2 nitrogen and oxygen atoms in total. The summed E-state index contributed by atoms with van der Waals surface area (Å²) in [4.78, 5) is 2.43. The molecule has 0 saturated carbocycles. The number of para-hydroxylation sites is 2. The molecule has 0 amide bonds. The van der Waals surface area contributed by atoms with Crippen LogP contribution in [0.3, 0.4) is 0 Å². The first-order chi connectivity index (χ1) is 32.5. The van der Waals surface area contributed by atoms with Crippen molar-refractivity contribution in [3.63, 3.8) is 0 Å². The highest BCUT2D eigenvalue weighted by Gasteiger charge is 2.52. The average Bonchev–Trinajstić information content (AvgIpc) is 4.07. The lowest BCUT2D eigenvalue weighted by atomic mass is 9.70. The lowest BCUT2D eigenvalue weighted by Crippen LogP contribution is -2.25. The first kappa shape index (κ1) is 37.2. The summed E-state index contributed by atoms with van der Waals surface area (Å²) < 4.78 is 7.28. The van der Waals surface area contributed by atoms with E-state index in [4.69, 9.17) is 4.42 Å². The smallest absolute Gasteiger partial charge is 0.143 e. The molecule has 0 atom stereocenters. The van der Waals surface area contributed by atoms with Gasteiger partial charge in [0.2, 0.25) is 0 Å². The molecule has 10 aromatic carbocycles. The summed E-state index contributed by atoms with van der Waals surface area (Å²) in [5, 5.41) is 2.26. The Bertz CT molecular complexity index is 3750. The van der Waals surface area contributed by atoms with Crippen LogP contribution in [0.15, 0.2) is 229 Å². The normalized spacial score (nSPS) is 14.2.